The molecular formula is C23H30N4O3. The van der Waals surface area contributed by atoms with Gasteiger partial charge in [-0.2, -0.15) is 5.10 Å². The number of fused-ring (bicyclic) bond motifs is 1. The number of hydrogen-bond donors (Lipinski definition) is 0. The number of methoxy groups -OCH3 is 1. The number of esters is 1. The number of piperidine rings is 2. The van der Waals surface area contributed by atoms with Crippen molar-refractivity contribution >= 4 is 11.9 Å². The number of benzene rings is 1. The highest BCUT2D eigenvalue weighted by Crippen LogP contribution is 2.32. The second kappa shape index (κ2) is 8.60. The molecule has 2 aromatic rings. The van der Waals surface area contributed by atoms with Gasteiger partial charge in [-0.3, -0.25) is 14.4 Å². The molecule has 1 aromatic carbocycles. The third kappa shape index (κ3) is 4.12. The molecular weight excluding hydrogens is 380 g/mol. The fourth-order valence-corrected chi connectivity index (χ4v) is 4.95. The van der Waals surface area contributed by atoms with Crippen LogP contribution in [-0.4, -0.2) is 64.2 Å². The standard InChI is InChI=1S/C23H30N4O3/c1-16-13-21(25(2)24-16)22(28)27-11-4-5-19-15-26(12-10-20(19)27)14-17-6-8-18(9-7-17)23(29)30-3/h6-9,13,19-20H,4-5,10-12,14-15H2,1-3H3/t19-,20+/m1/s1. The summed E-state index contributed by atoms with van der Waals surface area (Å²) in [4.78, 5) is 29.4. The van der Waals surface area contributed by atoms with E-state index in [9.17, 15) is 9.59 Å². The number of aromatic nitrogens is 2. The van der Waals surface area contributed by atoms with Crippen LogP contribution in [0.4, 0.5) is 0 Å². The lowest BCUT2D eigenvalue weighted by atomic mass is 9.83. The van der Waals surface area contributed by atoms with Crippen molar-refractivity contribution in [1.29, 1.82) is 0 Å². The number of likely N-dealkylation sites (tertiary alicyclic amines) is 2. The highest BCUT2D eigenvalue weighted by atomic mass is 16.5. The van der Waals surface area contributed by atoms with E-state index in [-0.39, 0.29) is 11.9 Å². The molecule has 1 amide bonds. The van der Waals surface area contributed by atoms with Gasteiger partial charge in [0.25, 0.3) is 5.91 Å². The van der Waals surface area contributed by atoms with Crippen LogP contribution in [0.3, 0.4) is 0 Å². The number of rotatable bonds is 4. The minimum Gasteiger partial charge on any atom is -0.465 e. The molecule has 0 radical (unpaired) electrons. The molecule has 0 saturated carbocycles. The van der Waals surface area contributed by atoms with Crippen LogP contribution >= 0.6 is 0 Å². The Morgan fingerprint density at radius 2 is 1.93 bits per heavy atom. The average Bonchev–Trinajstić information content (AvgIpc) is 3.10. The molecule has 2 aliphatic heterocycles. The predicted molar refractivity (Wildman–Crippen MR) is 113 cm³/mol. The monoisotopic (exact) mass is 410 g/mol. The number of aryl methyl sites for hydroxylation is 2. The first-order valence-corrected chi connectivity index (χ1v) is 10.7. The summed E-state index contributed by atoms with van der Waals surface area (Å²) < 4.78 is 6.47. The van der Waals surface area contributed by atoms with Crippen LogP contribution in [0.1, 0.15) is 51.4 Å². The highest BCUT2D eigenvalue weighted by Gasteiger charge is 2.38. The smallest absolute Gasteiger partial charge is 0.337 e. The number of amides is 1. The molecule has 4 rings (SSSR count). The van der Waals surface area contributed by atoms with Crippen molar-refractivity contribution in [2.45, 2.75) is 38.8 Å². The van der Waals surface area contributed by atoms with Crippen molar-refractivity contribution in [3.8, 4) is 0 Å². The van der Waals surface area contributed by atoms with Gasteiger partial charge in [-0.1, -0.05) is 12.1 Å². The van der Waals surface area contributed by atoms with Gasteiger partial charge in [0.15, 0.2) is 0 Å². The van der Waals surface area contributed by atoms with E-state index in [0.717, 1.165) is 51.1 Å². The molecule has 2 atom stereocenters. The minimum atomic E-state index is -0.307. The van der Waals surface area contributed by atoms with Crippen LogP contribution in [0.2, 0.25) is 0 Å². The molecule has 7 heteroatoms. The first-order valence-electron chi connectivity index (χ1n) is 10.7. The van der Waals surface area contributed by atoms with Crippen molar-refractivity contribution in [2.24, 2.45) is 13.0 Å². The Bertz CT molecular complexity index is 921. The van der Waals surface area contributed by atoms with Gasteiger partial charge in [0.2, 0.25) is 0 Å². The van der Waals surface area contributed by atoms with Gasteiger partial charge in [0, 0.05) is 39.3 Å². The molecule has 160 valence electrons. The zero-order valence-electron chi connectivity index (χ0n) is 18.0. The molecule has 0 N–H and O–H groups in total. The van der Waals surface area contributed by atoms with Crippen molar-refractivity contribution in [2.75, 3.05) is 26.7 Å². The lowest BCUT2D eigenvalue weighted by Crippen LogP contribution is -2.55. The second-order valence-corrected chi connectivity index (χ2v) is 8.48. The molecule has 0 unspecified atom stereocenters. The van der Waals surface area contributed by atoms with Crippen molar-refractivity contribution < 1.29 is 14.3 Å². The quantitative estimate of drug-likeness (QED) is 0.725. The summed E-state index contributed by atoms with van der Waals surface area (Å²) in [5.74, 6) is 0.303. The van der Waals surface area contributed by atoms with Gasteiger partial charge in [-0.25, -0.2) is 4.79 Å². The van der Waals surface area contributed by atoms with E-state index < -0.39 is 0 Å². The largest absolute Gasteiger partial charge is 0.465 e. The summed E-state index contributed by atoms with van der Waals surface area (Å²) in [6.07, 6.45) is 3.20. The lowest BCUT2D eigenvalue weighted by molar-refractivity contribution is 0.0177. The highest BCUT2D eigenvalue weighted by molar-refractivity contribution is 5.93. The maximum absolute atomic E-state index is 13.2. The summed E-state index contributed by atoms with van der Waals surface area (Å²) in [6, 6.07) is 9.84. The van der Waals surface area contributed by atoms with E-state index in [4.69, 9.17) is 4.74 Å². The molecule has 1 aromatic heterocycles. The number of hydrogen-bond acceptors (Lipinski definition) is 5. The zero-order valence-corrected chi connectivity index (χ0v) is 18.0. The summed E-state index contributed by atoms with van der Waals surface area (Å²) in [6.45, 7) is 5.58. The normalized spacial score (nSPS) is 21.9. The maximum Gasteiger partial charge on any atom is 0.337 e. The Balaban J connectivity index is 1.40. The number of nitrogens with zero attached hydrogens (tertiary/aromatic N) is 4. The van der Waals surface area contributed by atoms with Crippen LogP contribution in [0.25, 0.3) is 0 Å². The van der Waals surface area contributed by atoms with E-state index >= 15 is 0 Å². The van der Waals surface area contributed by atoms with E-state index in [1.54, 1.807) is 4.68 Å². The van der Waals surface area contributed by atoms with Crippen LogP contribution in [0.5, 0.6) is 0 Å². The topological polar surface area (TPSA) is 67.7 Å². The first-order chi connectivity index (χ1) is 14.5. The Hall–Kier alpha value is -2.67. The summed E-state index contributed by atoms with van der Waals surface area (Å²) in [7, 11) is 3.24. The van der Waals surface area contributed by atoms with E-state index in [1.165, 1.54) is 12.7 Å². The van der Waals surface area contributed by atoms with Crippen molar-refractivity contribution in [1.82, 2.24) is 19.6 Å². The Labute approximate surface area is 177 Å². The second-order valence-electron chi connectivity index (χ2n) is 8.48. The average molecular weight is 411 g/mol. The van der Waals surface area contributed by atoms with Gasteiger partial charge in [0.05, 0.1) is 18.4 Å². The van der Waals surface area contributed by atoms with Crippen LogP contribution in [0, 0.1) is 12.8 Å². The van der Waals surface area contributed by atoms with Gasteiger partial charge in [-0.15, -0.1) is 0 Å². The number of ether oxygens (including phenoxy) is 1. The first kappa shape index (κ1) is 20.6. The van der Waals surface area contributed by atoms with Gasteiger partial charge < -0.3 is 9.64 Å². The molecule has 0 bridgehead atoms. The molecule has 2 saturated heterocycles. The van der Waals surface area contributed by atoms with E-state index in [0.29, 0.717) is 23.2 Å². The summed E-state index contributed by atoms with van der Waals surface area (Å²) in [5.41, 5.74) is 3.32. The van der Waals surface area contributed by atoms with Crippen molar-refractivity contribution in [3.63, 3.8) is 0 Å². The fourth-order valence-electron chi connectivity index (χ4n) is 4.95. The minimum absolute atomic E-state index is 0.111. The Morgan fingerprint density at radius 1 is 1.17 bits per heavy atom. The van der Waals surface area contributed by atoms with Crippen molar-refractivity contribution in [3.05, 3.63) is 52.8 Å². The van der Waals surface area contributed by atoms with Gasteiger partial charge in [0.1, 0.15) is 5.69 Å². The summed E-state index contributed by atoms with van der Waals surface area (Å²) in [5, 5.41) is 4.34. The molecule has 0 spiro atoms. The molecule has 30 heavy (non-hydrogen) atoms. The molecule has 2 fully saturated rings. The number of carbonyl (C=O) groups is 2. The Morgan fingerprint density at radius 3 is 2.60 bits per heavy atom. The third-order valence-electron chi connectivity index (χ3n) is 6.42. The molecule has 0 aliphatic carbocycles. The SMILES string of the molecule is COC(=O)c1ccc(CN2CC[C@H]3[C@H](CCCN3C(=O)c3cc(C)nn3C)C2)cc1. The molecule has 3 heterocycles. The van der Waals surface area contributed by atoms with Crippen LogP contribution in [0.15, 0.2) is 30.3 Å². The lowest BCUT2D eigenvalue weighted by Gasteiger charge is -2.47. The number of carbonyl (C=O) groups excluding carboxylic acids is 2. The molecule has 7 nitrogen and oxygen atoms in total. The summed E-state index contributed by atoms with van der Waals surface area (Å²) >= 11 is 0. The van der Waals surface area contributed by atoms with Gasteiger partial charge in [-0.05, 0) is 55.9 Å². The fraction of sp³-hybridized carbons (Fsp3) is 0.522. The van der Waals surface area contributed by atoms with E-state index in [2.05, 4.69) is 14.9 Å². The molecule has 2 aliphatic rings. The zero-order chi connectivity index (χ0) is 21.3. The van der Waals surface area contributed by atoms with E-state index in [1.807, 2.05) is 44.3 Å². The van der Waals surface area contributed by atoms with Gasteiger partial charge >= 0.3 is 5.97 Å². The van der Waals surface area contributed by atoms with Crippen LogP contribution < -0.4 is 0 Å². The maximum atomic E-state index is 13.2. The Kier molecular flexibility index (Phi) is 5.90. The third-order valence-corrected chi connectivity index (χ3v) is 6.42. The predicted octanol–water partition coefficient (Wildman–Crippen LogP) is 2.64. The van der Waals surface area contributed by atoms with Crippen LogP contribution in [-0.2, 0) is 18.3 Å².